The Bertz CT molecular complexity index is 443. The summed E-state index contributed by atoms with van der Waals surface area (Å²) in [5.41, 5.74) is -4.86. The van der Waals surface area contributed by atoms with Crippen LogP contribution in [0.3, 0.4) is 0 Å². The molecule has 0 radical (unpaired) electrons. The van der Waals surface area contributed by atoms with Gasteiger partial charge in [0.05, 0.1) is 35.8 Å². The first kappa shape index (κ1) is 36.0. The molecule has 0 spiro atoms. The Hall–Kier alpha value is 2.46. The van der Waals surface area contributed by atoms with Gasteiger partial charge in [0, 0.05) is 0 Å². The molecule has 0 aliphatic rings. The van der Waals surface area contributed by atoms with E-state index in [1.165, 1.54) is 12.8 Å². The molecule has 29 heavy (non-hydrogen) atoms. The predicted octanol–water partition coefficient (Wildman–Crippen LogP) is 7.55. The average molecular weight is 576 g/mol. The predicted molar refractivity (Wildman–Crippen MR) is 136 cm³/mol. The number of unbranched alkanes of at least 4 members (excludes halogenated alkanes) is 2. The van der Waals surface area contributed by atoms with Crippen LogP contribution in [0.1, 0.15) is 93.9 Å². The van der Waals surface area contributed by atoms with Crippen molar-refractivity contribution in [2.24, 2.45) is 0 Å². The van der Waals surface area contributed by atoms with Crippen molar-refractivity contribution in [2.75, 3.05) is 0 Å². The zero-order valence-electron chi connectivity index (χ0n) is 19.4. The first-order valence-electron chi connectivity index (χ1n) is 10.1. The van der Waals surface area contributed by atoms with Crippen LogP contribution in [0.2, 0.25) is 0 Å². The number of hydrogen-bond acceptors (Lipinski definition) is 8. The van der Waals surface area contributed by atoms with Gasteiger partial charge < -0.3 is 42.6 Å². The molecule has 0 aliphatic carbocycles. The zero-order chi connectivity index (χ0) is 22.4. The minimum Gasteiger partial charge on any atom is -0.691 e. The molecule has 4 atom stereocenters. The van der Waals surface area contributed by atoms with Crippen LogP contribution >= 0.6 is 11.4 Å². The molecule has 11 heteroatoms. The Balaban J connectivity index is -0.000000451. The molecule has 0 N–H and O–H groups in total. The molecular formula is C18H40O4P2S4Zn. The molecule has 0 bridgehead atoms. The maximum absolute atomic E-state index is 5.57. The van der Waals surface area contributed by atoms with Crippen LogP contribution in [-0.4, -0.2) is 24.4 Å². The van der Waals surface area contributed by atoms with Crippen molar-refractivity contribution < 1.29 is 37.6 Å². The molecule has 0 aromatic rings. The van der Waals surface area contributed by atoms with Crippen LogP contribution in [-0.2, 0) is 85.7 Å². The molecule has 4 nitrogen and oxygen atoms in total. The summed E-state index contributed by atoms with van der Waals surface area (Å²) in [5, 5.41) is 0. The summed E-state index contributed by atoms with van der Waals surface area (Å²) in [6.07, 6.45) is 6.99. The zero-order valence-corrected chi connectivity index (χ0v) is 27.4. The Morgan fingerprint density at radius 1 is 0.655 bits per heavy atom. The number of rotatable bonds is 14. The molecule has 0 aromatic heterocycles. The van der Waals surface area contributed by atoms with E-state index in [9.17, 15) is 0 Å². The second kappa shape index (κ2) is 19.9. The standard InChI is InChI=1S/2C9H21O2PS2.Zn/c2*1-5-6-7-9(4)11-12(13,14)10-8(2)3;/h2*8-9H,5-7H2,1-4H3,(H,13,14);/q;;+2/p-2. The molecule has 0 fully saturated rings. The molecule has 0 aliphatic heterocycles. The molecule has 0 aromatic carbocycles. The Kier molecular flexibility index (Phi) is 24.7. The van der Waals surface area contributed by atoms with Gasteiger partial charge in [-0.25, -0.2) is 0 Å². The van der Waals surface area contributed by atoms with Gasteiger partial charge in [0.25, 0.3) is 0 Å². The summed E-state index contributed by atoms with van der Waals surface area (Å²) < 4.78 is 22.0. The van der Waals surface area contributed by atoms with Gasteiger partial charge in [0.15, 0.2) is 0 Å². The van der Waals surface area contributed by atoms with E-state index in [1.54, 1.807) is 0 Å². The molecule has 0 heterocycles. The van der Waals surface area contributed by atoms with Gasteiger partial charge in [0.1, 0.15) is 0 Å². The third kappa shape index (κ3) is 26.6. The quantitative estimate of drug-likeness (QED) is 0.119. The smallest absolute Gasteiger partial charge is 0.691 e. The van der Waals surface area contributed by atoms with E-state index in [-0.39, 0.29) is 43.9 Å². The van der Waals surface area contributed by atoms with Gasteiger partial charge in [-0.05, 0) is 54.4 Å². The van der Waals surface area contributed by atoms with Crippen molar-refractivity contribution in [1.29, 1.82) is 0 Å². The maximum Gasteiger partial charge on any atom is 2.00 e. The maximum atomic E-state index is 5.57. The largest absolute Gasteiger partial charge is 2.00 e. The Morgan fingerprint density at radius 3 is 1.14 bits per heavy atom. The second-order valence-corrected chi connectivity index (χ2v) is 17.1. The third-order valence-corrected chi connectivity index (χ3v) is 7.89. The second-order valence-electron chi connectivity index (χ2n) is 7.32. The molecule has 0 amide bonds. The summed E-state index contributed by atoms with van der Waals surface area (Å²) in [6, 6.07) is 0. The van der Waals surface area contributed by atoms with E-state index >= 15 is 0 Å². The van der Waals surface area contributed by atoms with Crippen molar-refractivity contribution >= 4 is 59.5 Å². The fourth-order valence-electron chi connectivity index (χ4n) is 2.10. The van der Waals surface area contributed by atoms with Crippen molar-refractivity contribution in [2.45, 2.75) is 118 Å². The number of hydrogen-bond donors (Lipinski definition) is 0. The van der Waals surface area contributed by atoms with E-state index in [1.807, 2.05) is 41.5 Å². The summed E-state index contributed by atoms with van der Waals surface area (Å²) in [6.45, 7) is 16.0. The molecule has 4 unspecified atom stereocenters. The van der Waals surface area contributed by atoms with Gasteiger partial charge in [-0.15, -0.1) is 0 Å². The first-order chi connectivity index (χ1) is 12.7. The summed E-state index contributed by atoms with van der Waals surface area (Å²) in [5.74, 6) is 0. The summed E-state index contributed by atoms with van der Waals surface area (Å²) in [4.78, 5) is 0. The van der Waals surface area contributed by atoms with Crippen LogP contribution in [0.25, 0.3) is 0 Å². The van der Waals surface area contributed by atoms with Crippen molar-refractivity contribution in [1.82, 2.24) is 0 Å². The van der Waals surface area contributed by atoms with Crippen LogP contribution in [0.15, 0.2) is 0 Å². The fourth-order valence-corrected chi connectivity index (χ4v) is 8.15. The Morgan fingerprint density at radius 2 is 0.931 bits per heavy atom. The van der Waals surface area contributed by atoms with Crippen molar-refractivity contribution in [3.8, 4) is 0 Å². The monoisotopic (exact) mass is 574 g/mol. The third-order valence-electron chi connectivity index (χ3n) is 3.23. The van der Waals surface area contributed by atoms with Crippen LogP contribution in [0.5, 0.6) is 0 Å². The van der Waals surface area contributed by atoms with E-state index < -0.39 is 11.4 Å². The van der Waals surface area contributed by atoms with Crippen LogP contribution in [0, 0.1) is 0 Å². The van der Waals surface area contributed by atoms with Crippen molar-refractivity contribution in [3.05, 3.63) is 0 Å². The van der Waals surface area contributed by atoms with Gasteiger partial charge in [-0.3, -0.25) is 0 Å². The summed E-state index contributed by atoms with van der Waals surface area (Å²) >= 11 is 20.5. The van der Waals surface area contributed by atoms with E-state index in [0.29, 0.717) is 0 Å². The van der Waals surface area contributed by atoms with Gasteiger partial charge >= 0.3 is 19.5 Å². The molecule has 0 saturated carbocycles. The molecule has 172 valence electrons. The van der Waals surface area contributed by atoms with Gasteiger partial charge in [-0.2, -0.15) is 0 Å². The van der Waals surface area contributed by atoms with E-state index in [0.717, 1.165) is 25.7 Å². The van der Waals surface area contributed by atoms with Crippen molar-refractivity contribution in [3.63, 3.8) is 0 Å². The SMILES string of the molecule is CCCCC(C)OP(=S)([S-])OC(C)C.CCCCC(C)OP(=S)([S-])OC(C)C.[Zn+2]. The topological polar surface area (TPSA) is 36.9 Å². The Labute approximate surface area is 214 Å². The minimum atomic E-state index is -2.43. The average Bonchev–Trinajstić information content (AvgIpc) is 2.47. The van der Waals surface area contributed by atoms with Gasteiger partial charge in [-0.1, -0.05) is 63.1 Å². The minimum absolute atomic E-state index is 0. The molecule has 0 saturated heterocycles. The van der Waals surface area contributed by atoms with E-state index in [4.69, 9.17) is 66.2 Å². The van der Waals surface area contributed by atoms with Gasteiger partial charge in [0.2, 0.25) is 0 Å². The van der Waals surface area contributed by atoms with Crippen LogP contribution in [0.4, 0.5) is 0 Å². The molecular weight excluding hydrogens is 536 g/mol. The fraction of sp³-hybridized carbons (Fsp3) is 1.00. The summed E-state index contributed by atoms with van der Waals surface area (Å²) in [7, 11) is 0. The molecule has 0 rings (SSSR count). The first-order valence-corrected chi connectivity index (χ1v) is 17.4. The normalized spacial score (nSPS) is 17.5. The van der Waals surface area contributed by atoms with E-state index in [2.05, 4.69) is 13.8 Å². The van der Waals surface area contributed by atoms with Crippen LogP contribution < -0.4 is 0 Å².